The maximum atomic E-state index is 9.30. The zero-order valence-electron chi connectivity index (χ0n) is 12.5. The molecule has 0 heterocycles. The molecule has 0 aromatic heterocycles. The number of benzene rings is 1. The van der Waals surface area contributed by atoms with E-state index in [-0.39, 0.29) is 6.10 Å². The highest BCUT2D eigenvalue weighted by Gasteiger charge is 2.11. The molecule has 1 aromatic rings. The average molecular weight is 264 g/mol. The van der Waals surface area contributed by atoms with Crippen LogP contribution in [-0.2, 0) is 0 Å². The highest BCUT2D eigenvalue weighted by atomic mass is 16.3. The summed E-state index contributed by atoms with van der Waals surface area (Å²) in [5, 5.41) is 12.8. The van der Waals surface area contributed by atoms with Crippen LogP contribution in [0.3, 0.4) is 0 Å². The minimum absolute atomic E-state index is 0.207. The Morgan fingerprint density at radius 3 is 2.37 bits per heavy atom. The quantitative estimate of drug-likeness (QED) is 0.719. The second kappa shape index (κ2) is 9.08. The minimum atomic E-state index is -0.207. The molecule has 0 amide bonds. The summed E-state index contributed by atoms with van der Waals surface area (Å²) in [5.74, 6) is 0. The van der Waals surface area contributed by atoms with Crippen LogP contribution in [0.1, 0.15) is 38.3 Å². The van der Waals surface area contributed by atoms with Crippen LogP contribution in [0.2, 0.25) is 0 Å². The van der Waals surface area contributed by atoms with E-state index >= 15 is 0 Å². The maximum absolute atomic E-state index is 9.30. The molecule has 0 saturated heterocycles. The van der Waals surface area contributed by atoms with Crippen molar-refractivity contribution in [3.05, 3.63) is 35.9 Å². The Bertz CT molecular complexity index is 327. The van der Waals surface area contributed by atoms with Crippen LogP contribution in [-0.4, -0.2) is 42.8 Å². The van der Waals surface area contributed by atoms with Crippen LogP contribution in [0, 0.1) is 0 Å². The normalized spacial score (nSPS) is 14.6. The summed E-state index contributed by atoms with van der Waals surface area (Å²) in [6.07, 6.45) is 1.73. The molecule has 0 aliphatic carbocycles. The molecule has 0 fully saturated rings. The zero-order chi connectivity index (χ0) is 14.1. The van der Waals surface area contributed by atoms with Crippen molar-refractivity contribution in [3.63, 3.8) is 0 Å². The molecule has 1 aromatic carbocycles. The smallest absolute Gasteiger partial charge is 0.0524 e. The second-order valence-corrected chi connectivity index (χ2v) is 5.25. The first-order valence-electron chi connectivity index (χ1n) is 7.28. The molecule has 0 aliphatic heterocycles. The Morgan fingerprint density at radius 2 is 1.79 bits per heavy atom. The van der Waals surface area contributed by atoms with Gasteiger partial charge in [0.25, 0.3) is 0 Å². The molecule has 3 heteroatoms. The van der Waals surface area contributed by atoms with Gasteiger partial charge in [-0.1, -0.05) is 37.3 Å². The van der Waals surface area contributed by atoms with Crippen molar-refractivity contribution in [2.24, 2.45) is 0 Å². The molecule has 0 radical (unpaired) electrons. The molecule has 19 heavy (non-hydrogen) atoms. The van der Waals surface area contributed by atoms with Crippen LogP contribution >= 0.6 is 0 Å². The van der Waals surface area contributed by atoms with E-state index in [1.54, 1.807) is 0 Å². The summed E-state index contributed by atoms with van der Waals surface area (Å²) in [6, 6.07) is 11.0. The number of nitrogens with zero attached hydrogens (tertiary/aromatic N) is 1. The summed E-state index contributed by atoms with van der Waals surface area (Å²) >= 11 is 0. The van der Waals surface area contributed by atoms with E-state index in [2.05, 4.69) is 54.5 Å². The SMILES string of the molecule is CCNC(CCN(C)CCC(C)O)c1ccccc1. The van der Waals surface area contributed by atoms with Crippen molar-refractivity contribution in [3.8, 4) is 0 Å². The third-order valence-electron chi connectivity index (χ3n) is 3.38. The van der Waals surface area contributed by atoms with Crippen molar-refractivity contribution < 1.29 is 5.11 Å². The summed E-state index contributed by atoms with van der Waals surface area (Å²) < 4.78 is 0. The average Bonchev–Trinajstić information content (AvgIpc) is 2.42. The largest absolute Gasteiger partial charge is 0.393 e. The monoisotopic (exact) mass is 264 g/mol. The number of hydrogen-bond acceptors (Lipinski definition) is 3. The lowest BCUT2D eigenvalue weighted by molar-refractivity contribution is 0.163. The number of rotatable bonds is 9. The fraction of sp³-hybridized carbons (Fsp3) is 0.625. The molecule has 0 aliphatic rings. The van der Waals surface area contributed by atoms with Gasteiger partial charge in [-0.05, 0) is 45.5 Å². The lowest BCUT2D eigenvalue weighted by Crippen LogP contribution is -2.28. The molecule has 0 bridgehead atoms. The predicted molar refractivity (Wildman–Crippen MR) is 81.3 cm³/mol. The molecule has 1 rings (SSSR count). The van der Waals surface area contributed by atoms with Gasteiger partial charge in [-0.2, -0.15) is 0 Å². The fourth-order valence-electron chi connectivity index (χ4n) is 2.19. The van der Waals surface area contributed by atoms with Gasteiger partial charge < -0.3 is 15.3 Å². The van der Waals surface area contributed by atoms with E-state index in [9.17, 15) is 5.11 Å². The van der Waals surface area contributed by atoms with Gasteiger partial charge in [0.2, 0.25) is 0 Å². The Balaban J connectivity index is 2.42. The van der Waals surface area contributed by atoms with Gasteiger partial charge in [0.05, 0.1) is 6.10 Å². The Morgan fingerprint density at radius 1 is 1.16 bits per heavy atom. The third kappa shape index (κ3) is 6.71. The Kier molecular flexibility index (Phi) is 7.72. The van der Waals surface area contributed by atoms with Crippen LogP contribution in [0.4, 0.5) is 0 Å². The molecule has 2 N–H and O–H groups in total. The molecular weight excluding hydrogens is 236 g/mol. The van der Waals surface area contributed by atoms with Crippen LogP contribution in [0.25, 0.3) is 0 Å². The lowest BCUT2D eigenvalue weighted by atomic mass is 10.0. The van der Waals surface area contributed by atoms with Crippen molar-refractivity contribution in [2.75, 3.05) is 26.7 Å². The fourth-order valence-corrected chi connectivity index (χ4v) is 2.19. The number of aliphatic hydroxyl groups excluding tert-OH is 1. The summed E-state index contributed by atoms with van der Waals surface area (Å²) in [6.45, 7) is 6.97. The first-order valence-corrected chi connectivity index (χ1v) is 7.28. The molecule has 2 atom stereocenters. The van der Waals surface area contributed by atoms with E-state index in [1.165, 1.54) is 5.56 Å². The first kappa shape index (κ1) is 16.2. The highest BCUT2D eigenvalue weighted by molar-refractivity contribution is 5.18. The van der Waals surface area contributed by atoms with Crippen LogP contribution < -0.4 is 5.32 Å². The molecule has 108 valence electrons. The van der Waals surface area contributed by atoms with Crippen molar-refractivity contribution >= 4 is 0 Å². The van der Waals surface area contributed by atoms with Gasteiger partial charge in [-0.25, -0.2) is 0 Å². The molecular formula is C16H28N2O. The van der Waals surface area contributed by atoms with Crippen molar-refractivity contribution in [1.29, 1.82) is 0 Å². The van der Waals surface area contributed by atoms with E-state index in [0.29, 0.717) is 6.04 Å². The first-order chi connectivity index (χ1) is 9.13. The number of nitrogens with one attached hydrogen (secondary N) is 1. The second-order valence-electron chi connectivity index (χ2n) is 5.25. The van der Waals surface area contributed by atoms with Gasteiger partial charge in [0.1, 0.15) is 0 Å². The maximum Gasteiger partial charge on any atom is 0.0524 e. The van der Waals surface area contributed by atoms with E-state index in [1.807, 2.05) is 6.92 Å². The molecule has 0 spiro atoms. The van der Waals surface area contributed by atoms with E-state index < -0.39 is 0 Å². The van der Waals surface area contributed by atoms with Crippen LogP contribution in [0.5, 0.6) is 0 Å². The van der Waals surface area contributed by atoms with Gasteiger partial charge >= 0.3 is 0 Å². The highest BCUT2D eigenvalue weighted by Crippen LogP contribution is 2.16. The van der Waals surface area contributed by atoms with Crippen molar-refractivity contribution in [1.82, 2.24) is 10.2 Å². The summed E-state index contributed by atoms with van der Waals surface area (Å²) in [7, 11) is 2.12. The molecule has 3 nitrogen and oxygen atoms in total. The predicted octanol–water partition coefficient (Wildman–Crippen LogP) is 2.43. The number of hydrogen-bond donors (Lipinski definition) is 2. The Hall–Kier alpha value is -0.900. The summed E-state index contributed by atoms with van der Waals surface area (Å²) in [4.78, 5) is 2.29. The molecule has 2 unspecified atom stereocenters. The van der Waals surface area contributed by atoms with Gasteiger partial charge in [0.15, 0.2) is 0 Å². The van der Waals surface area contributed by atoms with E-state index in [0.717, 1.165) is 32.5 Å². The zero-order valence-corrected chi connectivity index (χ0v) is 12.5. The van der Waals surface area contributed by atoms with Gasteiger partial charge in [0, 0.05) is 12.6 Å². The molecule has 0 saturated carbocycles. The van der Waals surface area contributed by atoms with Crippen LogP contribution in [0.15, 0.2) is 30.3 Å². The number of aliphatic hydroxyl groups is 1. The Labute approximate surface area is 117 Å². The third-order valence-corrected chi connectivity index (χ3v) is 3.38. The standard InChI is InChI=1S/C16H28N2O/c1-4-17-16(15-8-6-5-7-9-15)11-13-18(3)12-10-14(2)19/h5-9,14,16-17,19H,4,10-13H2,1-3H3. The van der Waals surface area contributed by atoms with Crippen molar-refractivity contribution in [2.45, 2.75) is 38.8 Å². The van der Waals surface area contributed by atoms with E-state index in [4.69, 9.17) is 0 Å². The topological polar surface area (TPSA) is 35.5 Å². The lowest BCUT2D eigenvalue weighted by Gasteiger charge is -2.23. The summed E-state index contributed by atoms with van der Waals surface area (Å²) in [5.41, 5.74) is 1.35. The van der Waals surface area contributed by atoms with Gasteiger partial charge in [-0.3, -0.25) is 0 Å². The minimum Gasteiger partial charge on any atom is -0.393 e. The van der Waals surface area contributed by atoms with Gasteiger partial charge in [-0.15, -0.1) is 0 Å².